The molecule has 4 aliphatic rings. The van der Waals surface area contributed by atoms with E-state index in [0.717, 1.165) is 25.7 Å². The summed E-state index contributed by atoms with van der Waals surface area (Å²) in [5.41, 5.74) is 0.437. The molecule has 0 amide bonds. The van der Waals surface area contributed by atoms with Crippen LogP contribution in [0.3, 0.4) is 0 Å². The van der Waals surface area contributed by atoms with Gasteiger partial charge in [-0.1, -0.05) is 20.8 Å². The molecule has 0 N–H and O–H groups in total. The van der Waals surface area contributed by atoms with Crippen LogP contribution in [-0.2, 0) is 14.4 Å². The monoisotopic (exact) mass is 386 g/mol. The Labute approximate surface area is 170 Å². The average Bonchev–Trinajstić information content (AvgIpc) is 2.98. The summed E-state index contributed by atoms with van der Waals surface area (Å²) in [6.07, 6.45) is 9.44. The molecule has 8 atom stereocenters. The maximum atomic E-state index is 13.4. The smallest absolute Gasteiger partial charge is 0.136 e. The van der Waals surface area contributed by atoms with Gasteiger partial charge in [0.1, 0.15) is 17.3 Å². The Bertz CT molecular complexity index is 681. The Kier molecular flexibility index (Phi) is 5.11. The van der Waals surface area contributed by atoms with E-state index in [1.165, 1.54) is 19.3 Å². The Morgan fingerprint density at radius 2 is 1.75 bits per heavy atom. The minimum Gasteiger partial charge on any atom is -0.300 e. The van der Waals surface area contributed by atoms with E-state index in [0.29, 0.717) is 66.2 Å². The third-order valence-electron chi connectivity index (χ3n) is 10.00. The second-order valence-corrected chi connectivity index (χ2v) is 11.3. The van der Waals surface area contributed by atoms with E-state index in [1.54, 1.807) is 6.92 Å². The van der Waals surface area contributed by atoms with Gasteiger partial charge < -0.3 is 4.79 Å². The molecule has 0 aliphatic heterocycles. The minimum atomic E-state index is 0.187. The molecule has 0 saturated heterocycles. The predicted molar refractivity (Wildman–Crippen MR) is 110 cm³/mol. The number of Topliss-reactive ketones (excluding diaryl/α,β-unsaturated/α-hetero) is 3. The second kappa shape index (κ2) is 7.06. The highest BCUT2D eigenvalue weighted by Gasteiger charge is 2.63. The van der Waals surface area contributed by atoms with E-state index in [1.807, 2.05) is 0 Å². The molecule has 6 unspecified atom stereocenters. The van der Waals surface area contributed by atoms with E-state index in [9.17, 15) is 14.4 Å². The fourth-order valence-corrected chi connectivity index (χ4v) is 8.33. The number of hydrogen-bond donors (Lipinski definition) is 0. The third kappa shape index (κ3) is 3.03. The van der Waals surface area contributed by atoms with Gasteiger partial charge in [0.25, 0.3) is 0 Å². The van der Waals surface area contributed by atoms with Gasteiger partial charge in [-0.25, -0.2) is 0 Å². The fraction of sp³-hybridized carbons (Fsp3) is 0.880. The zero-order chi connectivity index (χ0) is 20.3. The van der Waals surface area contributed by atoms with Crippen LogP contribution in [0.1, 0.15) is 91.9 Å². The van der Waals surface area contributed by atoms with Crippen molar-refractivity contribution >= 4 is 17.3 Å². The van der Waals surface area contributed by atoms with Crippen molar-refractivity contribution in [1.29, 1.82) is 0 Å². The van der Waals surface area contributed by atoms with Crippen LogP contribution in [0.4, 0.5) is 0 Å². The van der Waals surface area contributed by atoms with Crippen LogP contribution in [0.5, 0.6) is 0 Å². The molecule has 4 aliphatic carbocycles. The van der Waals surface area contributed by atoms with E-state index < -0.39 is 0 Å². The van der Waals surface area contributed by atoms with Crippen molar-refractivity contribution in [2.75, 3.05) is 0 Å². The highest BCUT2D eigenvalue weighted by atomic mass is 16.1. The largest absolute Gasteiger partial charge is 0.300 e. The van der Waals surface area contributed by atoms with Gasteiger partial charge in [-0.2, -0.15) is 0 Å². The lowest BCUT2D eigenvalue weighted by Crippen LogP contribution is -2.57. The number of carbonyl (C=O) groups excluding carboxylic acids is 3. The van der Waals surface area contributed by atoms with Gasteiger partial charge >= 0.3 is 0 Å². The molecule has 4 fully saturated rings. The fourth-order valence-electron chi connectivity index (χ4n) is 8.33. The Hall–Kier alpha value is -0.990. The predicted octanol–water partition coefficient (Wildman–Crippen LogP) is 5.40. The first-order valence-electron chi connectivity index (χ1n) is 11.7. The van der Waals surface area contributed by atoms with Gasteiger partial charge in [-0.3, -0.25) is 9.59 Å². The molecule has 4 rings (SSSR count). The molecule has 156 valence electrons. The van der Waals surface area contributed by atoms with Crippen LogP contribution in [0, 0.1) is 46.3 Å². The first-order chi connectivity index (χ1) is 13.2. The van der Waals surface area contributed by atoms with Crippen LogP contribution in [0.15, 0.2) is 0 Å². The number of fused-ring (bicyclic) bond motifs is 5. The molecule has 0 spiro atoms. The summed E-state index contributed by atoms with van der Waals surface area (Å²) in [6, 6.07) is 0. The van der Waals surface area contributed by atoms with Gasteiger partial charge in [0.15, 0.2) is 0 Å². The van der Waals surface area contributed by atoms with E-state index in [4.69, 9.17) is 0 Å². The van der Waals surface area contributed by atoms with Crippen molar-refractivity contribution in [2.24, 2.45) is 46.3 Å². The molecule has 3 nitrogen and oxygen atoms in total. The topological polar surface area (TPSA) is 51.2 Å². The quantitative estimate of drug-likeness (QED) is 0.650. The minimum absolute atomic E-state index is 0.187. The standard InChI is InChI=1S/C25H38O3/c1-15(5-6-16(2)26)19-7-8-20-23-21(10-12-25(19,20)4)24(3)11-9-18(27)13-17(24)14-22(23)28/h15,17,19-21,23H,5-14H2,1-4H3/t15?,17-,19?,20?,21?,23?,24-,25?/m0/s1. The van der Waals surface area contributed by atoms with E-state index >= 15 is 0 Å². The lowest BCUT2D eigenvalue weighted by atomic mass is 9.44. The zero-order valence-corrected chi connectivity index (χ0v) is 18.3. The number of carbonyl (C=O) groups is 3. The third-order valence-corrected chi connectivity index (χ3v) is 10.00. The summed E-state index contributed by atoms with van der Waals surface area (Å²) < 4.78 is 0. The van der Waals surface area contributed by atoms with Crippen molar-refractivity contribution in [2.45, 2.75) is 91.9 Å². The summed E-state index contributed by atoms with van der Waals surface area (Å²) in [4.78, 5) is 36.9. The molecular formula is C25H38O3. The lowest BCUT2D eigenvalue weighted by molar-refractivity contribution is -0.159. The van der Waals surface area contributed by atoms with Gasteiger partial charge in [-0.15, -0.1) is 0 Å². The highest BCUT2D eigenvalue weighted by Crippen LogP contribution is 2.67. The maximum absolute atomic E-state index is 13.4. The summed E-state index contributed by atoms with van der Waals surface area (Å²) in [5, 5.41) is 0. The van der Waals surface area contributed by atoms with Gasteiger partial charge in [0, 0.05) is 31.6 Å². The summed E-state index contributed by atoms with van der Waals surface area (Å²) >= 11 is 0. The van der Waals surface area contributed by atoms with Crippen molar-refractivity contribution < 1.29 is 14.4 Å². The van der Waals surface area contributed by atoms with Crippen LogP contribution < -0.4 is 0 Å². The van der Waals surface area contributed by atoms with Crippen molar-refractivity contribution in [3.63, 3.8) is 0 Å². The Morgan fingerprint density at radius 3 is 2.46 bits per heavy atom. The highest BCUT2D eigenvalue weighted by molar-refractivity contribution is 5.86. The molecule has 0 aromatic heterocycles. The number of ketones is 3. The molecule has 0 aromatic carbocycles. The molecule has 28 heavy (non-hydrogen) atoms. The molecule has 4 saturated carbocycles. The molecule has 0 radical (unpaired) electrons. The molecule has 0 bridgehead atoms. The number of rotatable bonds is 4. The summed E-state index contributed by atoms with van der Waals surface area (Å²) in [5.74, 6) is 3.84. The molecule has 3 heteroatoms. The van der Waals surface area contributed by atoms with Gasteiger partial charge in [0.05, 0.1) is 0 Å². The second-order valence-electron chi connectivity index (χ2n) is 11.3. The van der Waals surface area contributed by atoms with Crippen molar-refractivity contribution in [3.8, 4) is 0 Å². The van der Waals surface area contributed by atoms with Crippen molar-refractivity contribution in [3.05, 3.63) is 0 Å². The SMILES string of the molecule is CC(=O)CCC(C)C1CCC2C3C(=O)C[C@@H]4CC(=O)CC[C@]4(C)C3CCC12C. The average molecular weight is 387 g/mol. The van der Waals surface area contributed by atoms with Crippen molar-refractivity contribution in [1.82, 2.24) is 0 Å². The first kappa shape index (κ1) is 20.3. The Morgan fingerprint density at radius 1 is 1.04 bits per heavy atom. The first-order valence-corrected chi connectivity index (χ1v) is 11.7. The van der Waals surface area contributed by atoms with E-state index in [2.05, 4.69) is 20.8 Å². The maximum Gasteiger partial charge on any atom is 0.136 e. The zero-order valence-electron chi connectivity index (χ0n) is 18.3. The lowest BCUT2D eigenvalue weighted by Gasteiger charge is -2.59. The summed E-state index contributed by atoms with van der Waals surface area (Å²) in [7, 11) is 0. The molecular weight excluding hydrogens is 348 g/mol. The van der Waals surface area contributed by atoms with Crippen LogP contribution in [-0.4, -0.2) is 17.3 Å². The van der Waals surface area contributed by atoms with Crippen LogP contribution in [0.25, 0.3) is 0 Å². The Balaban J connectivity index is 1.57. The summed E-state index contributed by atoms with van der Waals surface area (Å²) in [6.45, 7) is 8.89. The van der Waals surface area contributed by atoms with Gasteiger partial charge in [-0.05, 0) is 85.9 Å². The molecule has 0 aromatic rings. The van der Waals surface area contributed by atoms with E-state index in [-0.39, 0.29) is 16.7 Å². The molecule has 0 heterocycles. The normalized spacial score (nSPS) is 46.5. The van der Waals surface area contributed by atoms with Crippen LogP contribution in [0.2, 0.25) is 0 Å². The van der Waals surface area contributed by atoms with Crippen LogP contribution >= 0.6 is 0 Å². The number of hydrogen-bond acceptors (Lipinski definition) is 3. The van der Waals surface area contributed by atoms with Gasteiger partial charge in [0.2, 0.25) is 0 Å².